The molecule has 0 radical (unpaired) electrons. The van der Waals surface area contributed by atoms with Gasteiger partial charge in [0.15, 0.2) is 0 Å². The fraction of sp³-hybridized carbons (Fsp3) is 0.421. The standard InChI is InChI=1S/C19H25N3O2.HNO2S/c1-16-5-7-18(8-6-16)24-15-17(23)14-21-10-12-22(13-11-21)19-4-2-3-9-20-19;1-4(2)3/h2-9,17,23H,10-15H2,1H3;1H. The summed E-state index contributed by atoms with van der Waals surface area (Å²) in [7, 11) is -2.61. The summed E-state index contributed by atoms with van der Waals surface area (Å²) < 4.78 is 28.5. The highest BCUT2D eigenvalue weighted by atomic mass is 32.2. The minimum atomic E-state index is -2.61. The van der Waals surface area contributed by atoms with E-state index in [1.54, 1.807) is 0 Å². The number of aromatic nitrogens is 1. The van der Waals surface area contributed by atoms with Crippen LogP contribution < -0.4 is 9.64 Å². The molecule has 1 aromatic carbocycles. The number of aliphatic hydroxyl groups is 1. The SMILES string of the molecule is Cc1ccc(OCC(O)CN2CCN(c3ccccn3)CC2)cc1.N=S(=O)=O. The van der Waals surface area contributed by atoms with E-state index < -0.39 is 16.6 Å². The van der Waals surface area contributed by atoms with Crippen molar-refractivity contribution in [1.29, 1.82) is 4.78 Å². The van der Waals surface area contributed by atoms with Gasteiger partial charge in [0.1, 0.15) is 24.3 Å². The van der Waals surface area contributed by atoms with Crippen LogP contribution in [0.1, 0.15) is 5.56 Å². The van der Waals surface area contributed by atoms with Crippen molar-refractivity contribution in [3.05, 3.63) is 54.2 Å². The number of hydrogen-bond donors (Lipinski definition) is 2. The van der Waals surface area contributed by atoms with Gasteiger partial charge in [0.05, 0.1) is 0 Å². The number of aryl methyl sites for hydroxylation is 1. The number of rotatable bonds is 6. The monoisotopic (exact) mass is 406 g/mol. The Morgan fingerprint density at radius 1 is 1.14 bits per heavy atom. The van der Waals surface area contributed by atoms with E-state index in [4.69, 9.17) is 17.9 Å². The number of benzene rings is 1. The van der Waals surface area contributed by atoms with Gasteiger partial charge in [-0.1, -0.05) is 23.8 Å². The predicted octanol–water partition coefficient (Wildman–Crippen LogP) is 1.58. The van der Waals surface area contributed by atoms with Crippen LogP contribution in [0.25, 0.3) is 0 Å². The van der Waals surface area contributed by atoms with Crippen molar-refractivity contribution in [2.24, 2.45) is 0 Å². The second-order valence-electron chi connectivity index (χ2n) is 6.49. The van der Waals surface area contributed by atoms with Crippen molar-refractivity contribution in [2.45, 2.75) is 13.0 Å². The molecule has 0 amide bonds. The Kier molecular flexibility index (Phi) is 8.86. The molecule has 0 spiro atoms. The zero-order valence-corrected chi connectivity index (χ0v) is 16.7. The van der Waals surface area contributed by atoms with Crippen LogP contribution in [0.4, 0.5) is 5.82 Å². The van der Waals surface area contributed by atoms with Crippen LogP contribution in [0.2, 0.25) is 0 Å². The number of nitrogens with one attached hydrogen (secondary N) is 1. The van der Waals surface area contributed by atoms with E-state index in [1.807, 2.05) is 55.6 Å². The largest absolute Gasteiger partial charge is 0.491 e. The minimum absolute atomic E-state index is 0.323. The molecule has 8 nitrogen and oxygen atoms in total. The molecular weight excluding hydrogens is 380 g/mol. The Balaban J connectivity index is 0.000000640. The smallest absolute Gasteiger partial charge is 0.308 e. The van der Waals surface area contributed by atoms with E-state index in [-0.39, 0.29) is 0 Å². The van der Waals surface area contributed by atoms with Crippen molar-refractivity contribution in [2.75, 3.05) is 44.2 Å². The summed E-state index contributed by atoms with van der Waals surface area (Å²) in [5.74, 6) is 1.83. The average Bonchev–Trinajstić information content (AvgIpc) is 2.68. The van der Waals surface area contributed by atoms with E-state index in [0.717, 1.165) is 37.7 Å². The van der Waals surface area contributed by atoms with Gasteiger partial charge in [-0.25, -0.2) is 4.98 Å². The Morgan fingerprint density at radius 2 is 1.79 bits per heavy atom. The molecule has 28 heavy (non-hydrogen) atoms. The average molecular weight is 407 g/mol. The third-order valence-corrected chi connectivity index (χ3v) is 4.28. The molecule has 1 aliphatic heterocycles. The first kappa shape index (κ1) is 21.8. The number of pyridine rings is 1. The van der Waals surface area contributed by atoms with Crippen molar-refractivity contribution in [1.82, 2.24) is 9.88 Å². The van der Waals surface area contributed by atoms with Crippen molar-refractivity contribution >= 4 is 16.3 Å². The topological polar surface area (TPSA) is 107 Å². The lowest BCUT2D eigenvalue weighted by atomic mass is 10.2. The lowest BCUT2D eigenvalue weighted by Crippen LogP contribution is -2.49. The lowest BCUT2D eigenvalue weighted by molar-refractivity contribution is 0.0662. The second-order valence-corrected chi connectivity index (χ2v) is 6.96. The Morgan fingerprint density at radius 3 is 2.36 bits per heavy atom. The number of piperazine rings is 1. The molecule has 0 saturated carbocycles. The van der Waals surface area contributed by atoms with Gasteiger partial charge in [-0.2, -0.15) is 13.2 Å². The van der Waals surface area contributed by atoms with Crippen LogP contribution in [0, 0.1) is 11.7 Å². The quantitative estimate of drug-likeness (QED) is 0.750. The van der Waals surface area contributed by atoms with Crippen molar-refractivity contribution < 1.29 is 18.3 Å². The molecule has 1 saturated heterocycles. The van der Waals surface area contributed by atoms with E-state index in [2.05, 4.69) is 14.8 Å². The maximum absolute atomic E-state index is 10.2. The minimum Gasteiger partial charge on any atom is -0.491 e. The van der Waals surface area contributed by atoms with Gasteiger partial charge < -0.3 is 14.7 Å². The van der Waals surface area contributed by atoms with E-state index in [0.29, 0.717) is 13.2 Å². The van der Waals surface area contributed by atoms with E-state index in [9.17, 15) is 5.11 Å². The van der Waals surface area contributed by atoms with Gasteiger partial charge in [-0.15, -0.1) is 0 Å². The Labute approximate surface area is 166 Å². The molecule has 3 rings (SSSR count). The van der Waals surface area contributed by atoms with Crippen LogP contribution in [-0.2, 0) is 10.5 Å². The molecule has 152 valence electrons. The first-order valence-electron chi connectivity index (χ1n) is 9.00. The summed E-state index contributed by atoms with van der Waals surface area (Å²) in [4.78, 5) is 8.96. The molecule has 1 aliphatic rings. The lowest BCUT2D eigenvalue weighted by Gasteiger charge is -2.36. The third-order valence-electron chi connectivity index (χ3n) is 4.28. The Bertz CT molecular complexity index is 801. The number of nitrogens with zero attached hydrogens (tertiary/aromatic N) is 3. The second kappa shape index (κ2) is 11.4. The van der Waals surface area contributed by atoms with Gasteiger partial charge >= 0.3 is 10.5 Å². The van der Waals surface area contributed by atoms with Gasteiger partial charge in [0.2, 0.25) is 0 Å². The van der Waals surface area contributed by atoms with Crippen LogP contribution in [0.5, 0.6) is 5.75 Å². The molecule has 1 aromatic heterocycles. The molecule has 1 unspecified atom stereocenters. The molecule has 1 atom stereocenters. The highest BCUT2D eigenvalue weighted by molar-refractivity contribution is 7.60. The molecule has 2 heterocycles. The van der Waals surface area contributed by atoms with Gasteiger partial charge in [-0.05, 0) is 31.2 Å². The third kappa shape index (κ3) is 8.03. The van der Waals surface area contributed by atoms with Crippen molar-refractivity contribution in [3.8, 4) is 5.75 Å². The first-order valence-corrected chi connectivity index (χ1v) is 10.1. The van der Waals surface area contributed by atoms with E-state index in [1.165, 1.54) is 5.56 Å². The van der Waals surface area contributed by atoms with E-state index >= 15 is 0 Å². The van der Waals surface area contributed by atoms with Gasteiger partial charge in [0.25, 0.3) is 0 Å². The van der Waals surface area contributed by atoms with Crippen LogP contribution in [0.3, 0.4) is 0 Å². The summed E-state index contributed by atoms with van der Waals surface area (Å²) in [6, 6.07) is 13.9. The molecule has 9 heteroatoms. The number of ether oxygens (including phenoxy) is 1. The molecule has 0 bridgehead atoms. The van der Waals surface area contributed by atoms with Crippen LogP contribution in [-0.4, -0.2) is 68.8 Å². The maximum atomic E-state index is 10.2. The predicted molar refractivity (Wildman–Crippen MR) is 107 cm³/mol. The first-order chi connectivity index (χ1) is 13.4. The highest BCUT2D eigenvalue weighted by Crippen LogP contribution is 2.14. The summed E-state index contributed by atoms with van der Waals surface area (Å²) in [5.41, 5.74) is 1.20. The summed E-state index contributed by atoms with van der Waals surface area (Å²) in [6.07, 6.45) is 1.35. The van der Waals surface area contributed by atoms with Crippen molar-refractivity contribution in [3.63, 3.8) is 0 Å². The molecule has 2 N–H and O–H groups in total. The molecule has 0 aliphatic carbocycles. The molecule has 2 aromatic rings. The van der Waals surface area contributed by atoms with Gasteiger partial charge in [-0.3, -0.25) is 4.90 Å². The van der Waals surface area contributed by atoms with Crippen LogP contribution >= 0.6 is 0 Å². The van der Waals surface area contributed by atoms with Crippen LogP contribution in [0.15, 0.2) is 48.7 Å². The fourth-order valence-corrected chi connectivity index (χ4v) is 2.88. The highest BCUT2D eigenvalue weighted by Gasteiger charge is 2.20. The zero-order chi connectivity index (χ0) is 20.4. The summed E-state index contributed by atoms with van der Waals surface area (Å²) in [5, 5.41) is 10.2. The fourth-order valence-electron chi connectivity index (χ4n) is 2.88. The maximum Gasteiger partial charge on any atom is 0.308 e. The molecule has 1 fully saturated rings. The number of anilines is 1. The number of hydrogen-bond acceptors (Lipinski definition) is 8. The number of β-amino-alcohol motifs (C(OH)–C–C–N with tert-alkyl or cyclic N) is 1. The normalized spacial score (nSPS) is 15.3. The summed E-state index contributed by atoms with van der Waals surface area (Å²) >= 11 is 0. The number of aliphatic hydroxyl groups excluding tert-OH is 1. The van der Waals surface area contributed by atoms with Gasteiger partial charge in [0, 0.05) is 38.9 Å². The zero-order valence-electron chi connectivity index (χ0n) is 15.9. The Hall–Kier alpha value is -2.49. The molecular formula is C19H26N4O4S. The summed E-state index contributed by atoms with van der Waals surface area (Å²) in [6.45, 7) is 6.73.